The van der Waals surface area contributed by atoms with Gasteiger partial charge in [-0.1, -0.05) is 38.1 Å². The number of hydrogen-bond acceptors (Lipinski definition) is 3. The first-order valence-electron chi connectivity index (χ1n) is 9.95. The molecule has 0 atom stereocenters. The molecule has 0 saturated carbocycles. The van der Waals surface area contributed by atoms with Crippen molar-refractivity contribution in [1.82, 2.24) is 15.1 Å². The van der Waals surface area contributed by atoms with Crippen molar-refractivity contribution >= 4 is 12.0 Å². The SMILES string of the molecule is CCN(CC(=O)O)C1CCN(C(=O)NCC2(C)Cc3ccccc3C2)CC1. The number of nitrogens with one attached hydrogen (secondary N) is 1. The highest BCUT2D eigenvalue weighted by Crippen LogP contribution is 2.36. The number of nitrogens with zero attached hydrogens (tertiary/aromatic N) is 2. The first-order chi connectivity index (χ1) is 12.9. The Morgan fingerprint density at radius 1 is 1.22 bits per heavy atom. The molecule has 2 amide bonds. The van der Waals surface area contributed by atoms with Gasteiger partial charge < -0.3 is 15.3 Å². The normalized spacial score (nSPS) is 19.1. The van der Waals surface area contributed by atoms with Gasteiger partial charge in [0.1, 0.15) is 0 Å². The second-order valence-electron chi connectivity index (χ2n) is 8.27. The van der Waals surface area contributed by atoms with E-state index in [-0.39, 0.29) is 24.0 Å². The van der Waals surface area contributed by atoms with E-state index in [4.69, 9.17) is 5.11 Å². The van der Waals surface area contributed by atoms with E-state index < -0.39 is 5.97 Å². The van der Waals surface area contributed by atoms with E-state index in [9.17, 15) is 9.59 Å². The third-order valence-electron chi connectivity index (χ3n) is 6.03. The summed E-state index contributed by atoms with van der Waals surface area (Å²) in [4.78, 5) is 27.5. The summed E-state index contributed by atoms with van der Waals surface area (Å²) in [6.45, 7) is 7.08. The van der Waals surface area contributed by atoms with Gasteiger partial charge in [0.15, 0.2) is 0 Å². The molecule has 1 aliphatic carbocycles. The summed E-state index contributed by atoms with van der Waals surface area (Å²) in [5, 5.41) is 12.2. The van der Waals surface area contributed by atoms with E-state index in [1.807, 2.05) is 16.7 Å². The molecule has 0 spiro atoms. The summed E-state index contributed by atoms with van der Waals surface area (Å²) in [6.07, 6.45) is 3.67. The minimum absolute atomic E-state index is 0.00640. The summed E-state index contributed by atoms with van der Waals surface area (Å²) in [5.74, 6) is -0.789. The fourth-order valence-corrected chi connectivity index (χ4v) is 4.52. The molecule has 1 saturated heterocycles. The van der Waals surface area contributed by atoms with Gasteiger partial charge >= 0.3 is 12.0 Å². The van der Waals surface area contributed by atoms with Crippen LogP contribution in [0, 0.1) is 5.41 Å². The van der Waals surface area contributed by atoms with E-state index in [0.29, 0.717) is 19.6 Å². The lowest BCUT2D eigenvalue weighted by atomic mass is 9.87. The van der Waals surface area contributed by atoms with Crippen molar-refractivity contribution in [1.29, 1.82) is 0 Å². The van der Waals surface area contributed by atoms with Crippen LogP contribution < -0.4 is 5.32 Å². The van der Waals surface area contributed by atoms with Crippen molar-refractivity contribution in [2.24, 2.45) is 5.41 Å². The summed E-state index contributed by atoms with van der Waals surface area (Å²) < 4.78 is 0. The second-order valence-corrected chi connectivity index (χ2v) is 8.27. The zero-order chi connectivity index (χ0) is 19.4. The van der Waals surface area contributed by atoms with Crippen LogP contribution in [-0.2, 0) is 17.6 Å². The molecule has 6 nitrogen and oxygen atoms in total. The maximum absolute atomic E-state index is 12.6. The van der Waals surface area contributed by atoms with Crippen molar-refractivity contribution in [2.75, 3.05) is 32.7 Å². The Morgan fingerprint density at radius 2 is 1.81 bits per heavy atom. The number of rotatable bonds is 6. The predicted octanol–water partition coefficient (Wildman–Crippen LogP) is 2.37. The van der Waals surface area contributed by atoms with Crippen LogP contribution in [0.3, 0.4) is 0 Å². The van der Waals surface area contributed by atoms with E-state index in [1.54, 1.807) is 0 Å². The molecule has 1 aliphatic heterocycles. The number of urea groups is 1. The quantitative estimate of drug-likeness (QED) is 0.803. The van der Waals surface area contributed by atoms with Gasteiger partial charge in [-0.05, 0) is 48.8 Å². The average molecular weight is 373 g/mol. The minimum Gasteiger partial charge on any atom is -0.480 e. The number of hydrogen-bond donors (Lipinski definition) is 2. The number of amides is 2. The molecule has 1 heterocycles. The highest BCUT2D eigenvalue weighted by Gasteiger charge is 2.34. The molecular formula is C21H31N3O3. The standard InChI is InChI=1S/C21H31N3O3/c1-3-23(14-19(25)26)18-8-10-24(11-9-18)20(27)22-15-21(2)12-16-6-4-5-7-17(16)13-21/h4-7,18H,3,8-15H2,1-2H3,(H,22,27)(H,25,26). The molecule has 2 N–H and O–H groups in total. The molecule has 1 fully saturated rings. The number of fused-ring (bicyclic) bond motifs is 1. The second kappa shape index (κ2) is 8.30. The third-order valence-corrected chi connectivity index (χ3v) is 6.03. The zero-order valence-electron chi connectivity index (χ0n) is 16.4. The van der Waals surface area contributed by atoms with Gasteiger partial charge in [0.05, 0.1) is 6.54 Å². The average Bonchev–Trinajstić information content (AvgIpc) is 3.00. The van der Waals surface area contributed by atoms with Crippen LogP contribution in [0.15, 0.2) is 24.3 Å². The van der Waals surface area contributed by atoms with Crippen LogP contribution in [0.1, 0.15) is 37.8 Å². The van der Waals surface area contributed by atoms with E-state index >= 15 is 0 Å². The number of piperidine rings is 1. The monoisotopic (exact) mass is 373 g/mol. The minimum atomic E-state index is -0.789. The van der Waals surface area contributed by atoms with Crippen molar-refractivity contribution in [2.45, 2.75) is 45.6 Å². The fraction of sp³-hybridized carbons (Fsp3) is 0.619. The van der Waals surface area contributed by atoms with Crippen LogP contribution in [0.2, 0.25) is 0 Å². The maximum atomic E-state index is 12.6. The van der Waals surface area contributed by atoms with Crippen LogP contribution >= 0.6 is 0 Å². The molecule has 1 aromatic carbocycles. The third kappa shape index (κ3) is 4.80. The molecular weight excluding hydrogens is 342 g/mol. The number of benzene rings is 1. The van der Waals surface area contributed by atoms with Gasteiger partial charge in [-0.3, -0.25) is 9.69 Å². The topological polar surface area (TPSA) is 72.9 Å². The predicted molar refractivity (Wildman–Crippen MR) is 105 cm³/mol. The van der Waals surface area contributed by atoms with Gasteiger partial charge in [-0.15, -0.1) is 0 Å². The van der Waals surface area contributed by atoms with Gasteiger partial charge in [0, 0.05) is 25.7 Å². The van der Waals surface area contributed by atoms with E-state index in [1.165, 1.54) is 11.1 Å². The van der Waals surface area contributed by atoms with Crippen molar-refractivity contribution in [3.05, 3.63) is 35.4 Å². The molecule has 3 rings (SSSR count). The number of likely N-dealkylation sites (N-methyl/N-ethyl adjacent to an activating group) is 1. The summed E-state index contributed by atoms with van der Waals surface area (Å²) in [6, 6.07) is 8.78. The Balaban J connectivity index is 1.46. The molecule has 27 heavy (non-hydrogen) atoms. The Bertz CT molecular complexity index is 658. The Kier molecular flexibility index (Phi) is 6.05. The van der Waals surface area contributed by atoms with Crippen molar-refractivity contribution in [3.8, 4) is 0 Å². The summed E-state index contributed by atoms with van der Waals surface area (Å²) in [5.41, 5.74) is 2.87. The number of carboxylic acids is 1. The zero-order valence-corrected chi connectivity index (χ0v) is 16.4. The molecule has 0 bridgehead atoms. The largest absolute Gasteiger partial charge is 0.480 e. The van der Waals surface area contributed by atoms with Gasteiger partial charge in [-0.25, -0.2) is 4.79 Å². The molecule has 0 aromatic heterocycles. The number of carboxylic acid groups (broad SMARTS) is 1. The lowest BCUT2D eigenvalue weighted by Gasteiger charge is -2.37. The highest BCUT2D eigenvalue weighted by molar-refractivity contribution is 5.74. The van der Waals surface area contributed by atoms with Crippen molar-refractivity contribution in [3.63, 3.8) is 0 Å². The molecule has 1 aromatic rings. The molecule has 148 valence electrons. The molecule has 0 unspecified atom stereocenters. The number of aliphatic carboxylic acids is 1. The first kappa shape index (κ1) is 19.7. The van der Waals surface area contributed by atoms with Crippen LogP contribution in [0.25, 0.3) is 0 Å². The first-order valence-corrected chi connectivity index (χ1v) is 9.95. The maximum Gasteiger partial charge on any atom is 0.317 e. The Hall–Kier alpha value is -2.08. The van der Waals surface area contributed by atoms with Crippen LogP contribution in [0.5, 0.6) is 0 Å². The number of carbonyl (C=O) groups is 2. The fourth-order valence-electron chi connectivity index (χ4n) is 4.52. The lowest BCUT2D eigenvalue weighted by Crippen LogP contribution is -2.51. The lowest BCUT2D eigenvalue weighted by molar-refractivity contribution is -0.139. The smallest absolute Gasteiger partial charge is 0.317 e. The highest BCUT2D eigenvalue weighted by atomic mass is 16.4. The molecule has 0 radical (unpaired) electrons. The van der Waals surface area contributed by atoms with Crippen LogP contribution in [-0.4, -0.2) is 65.7 Å². The number of carbonyl (C=O) groups excluding carboxylic acids is 1. The van der Waals surface area contributed by atoms with Gasteiger partial charge in [0.25, 0.3) is 0 Å². The molecule has 2 aliphatic rings. The number of likely N-dealkylation sites (tertiary alicyclic amines) is 1. The van der Waals surface area contributed by atoms with E-state index in [0.717, 1.165) is 32.2 Å². The van der Waals surface area contributed by atoms with Gasteiger partial charge in [0.2, 0.25) is 0 Å². The summed E-state index contributed by atoms with van der Waals surface area (Å²) in [7, 11) is 0. The van der Waals surface area contributed by atoms with Crippen LogP contribution in [0.4, 0.5) is 4.79 Å². The van der Waals surface area contributed by atoms with Crippen molar-refractivity contribution < 1.29 is 14.7 Å². The van der Waals surface area contributed by atoms with E-state index in [2.05, 4.69) is 36.5 Å². The Labute approximate surface area is 161 Å². The van der Waals surface area contributed by atoms with Gasteiger partial charge in [-0.2, -0.15) is 0 Å². The summed E-state index contributed by atoms with van der Waals surface area (Å²) >= 11 is 0. The Morgan fingerprint density at radius 3 is 2.33 bits per heavy atom. The molecule has 6 heteroatoms.